The number of aliphatic hydroxyl groups excluding tert-OH is 1. The fourth-order valence-corrected chi connectivity index (χ4v) is 4.87. The average molecular weight is 591 g/mol. The first-order valence-corrected chi connectivity index (χ1v) is 13.3. The Kier molecular flexibility index (Phi) is 8.41. The molecule has 222 valence electrons. The van der Waals surface area contributed by atoms with Crippen LogP contribution in [0.1, 0.15) is 10.5 Å². The highest BCUT2D eigenvalue weighted by atomic mass is 19.2. The lowest BCUT2D eigenvalue weighted by Crippen LogP contribution is -2.47. The SMILES string of the molecule is C=CC(=O)Nc1cccc(-n2c(C(N)=O)cc(=O)c3cnc(Nc4ccc(N5CCN(CCO)CC5)c(F)c4F)nc32)c1. The van der Waals surface area contributed by atoms with Gasteiger partial charge < -0.3 is 26.4 Å². The second kappa shape index (κ2) is 12.3. The Morgan fingerprint density at radius 1 is 1.09 bits per heavy atom. The molecule has 5 N–H and O–H groups in total. The molecule has 2 aromatic heterocycles. The number of piperazine rings is 1. The van der Waals surface area contributed by atoms with E-state index in [0.29, 0.717) is 44.1 Å². The minimum absolute atomic E-state index is 0.0263. The first-order chi connectivity index (χ1) is 20.7. The molecule has 0 unspecified atom stereocenters. The molecule has 12 nitrogen and oxygen atoms in total. The Hall–Kier alpha value is -5.21. The van der Waals surface area contributed by atoms with E-state index in [2.05, 4.69) is 27.2 Å². The summed E-state index contributed by atoms with van der Waals surface area (Å²) in [6, 6.07) is 10.2. The van der Waals surface area contributed by atoms with Crippen molar-refractivity contribution >= 4 is 45.9 Å². The number of nitrogens with zero attached hydrogens (tertiary/aromatic N) is 5. The number of hydrogen-bond acceptors (Lipinski definition) is 9. The van der Waals surface area contributed by atoms with E-state index < -0.39 is 28.9 Å². The number of rotatable bonds is 9. The number of carbonyl (C=O) groups excluding carboxylic acids is 2. The lowest BCUT2D eigenvalue weighted by Gasteiger charge is -2.36. The quantitative estimate of drug-likeness (QED) is 0.214. The standard InChI is InChI=1S/C29H28F2N8O4/c1-2-24(42)34-17-4-3-5-18(14-17)39-22(27(32)43)15-23(41)19-16-33-29(36-28(19)39)35-20-6-7-21(26(31)25(20)30)38-10-8-37(9-11-38)12-13-40/h2-7,14-16,40H,1,8-13H2,(H2,32,43)(H,34,42)(H,33,35,36). The summed E-state index contributed by atoms with van der Waals surface area (Å²) in [5.74, 6) is -3.76. The van der Waals surface area contributed by atoms with Gasteiger partial charge in [-0.3, -0.25) is 23.9 Å². The Morgan fingerprint density at radius 2 is 1.86 bits per heavy atom. The maximum Gasteiger partial charge on any atom is 0.265 e. The second-order valence-corrected chi connectivity index (χ2v) is 9.71. The molecule has 14 heteroatoms. The van der Waals surface area contributed by atoms with Crippen LogP contribution >= 0.6 is 0 Å². The molecule has 1 aliphatic heterocycles. The Morgan fingerprint density at radius 3 is 2.56 bits per heavy atom. The third-order valence-corrected chi connectivity index (χ3v) is 7.00. The molecule has 0 saturated carbocycles. The summed E-state index contributed by atoms with van der Waals surface area (Å²) in [4.78, 5) is 49.3. The van der Waals surface area contributed by atoms with Gasteiger partial charge in [0, 0.05) is 56.4 Å². The van der Waals surface area contributed by atoms with Crippen LogP contribution in [0, 0.1) is 11.6 Å². The van der Waals surface area contributed by atoms with Crippen molar-refractivity contribution < 1.29 is 23.5 Å². The summed E-state index contributed by atoms with van der Waals surface area (Å²) in [5.41, 5.74) is 5.34. The zero-order chi connectivity index (χ0) is 30.7. The topological polar surface area (TPSA) is 159 Å². The van der Waals surface area contributed by atoms with E-state index in [-0.39, 0.29) is 40.7 Å². The molecule has 0 bridgehead atoms. The maximum absolute atomic E-state index is 15.2. The largest absolute Gasteiger partial charge is 0.395 e. The fourth-order valence-electron chi connectivity index (χ4n) is 4.87. The first kappa shape index (κ1) is 29.3. The van der Waals surface area contributed by atoms with Crippen LogP contribution in [0.25, 0.3) is 16.7 Å². The van der Waals surface area contributed by atoms with Crippen LogP contribution in [0.5, 0.6) is 0 Å². The molecule has 0 radical (unpaired) electrons. The predicted molar refractivity (Wildman–Crippen MR) is 158 cm³/mol. The molecule has 3 heterocycles. The second-order valence-electron chi connectivity index (χ2n) is 9.71. The highest BCUT2D eigenvalue weighted by molar-refractivity contribution is 5.99. The third kappa shape index (κ3) is 6.05. The van der Waals surface area contributed by atoms with Gasteiger partial charge in [0.2, 0.25) is 11.9 Å². The Labute approximate surface area is 244 Å². The number of aliphatic hydroxyl groups is 1. The van der Waals surface area contributed by atoms with Crippen LogP contribution in [-0.2, 0) is 4.79 Å². The van der Waals surface area contributed by atoms with E-state index >= 15 is 8.78 Å². The van der Waals surface area contributed by atoms with Gasteiger partial charge in [0.25, 0.3) is 5.91 Å². The molecule has 0 spiro atoms. The van der Waals surface area contributed by atoms with Crippen LogP contribution in [0.3, 0.4) is 0 Å². The molecule has 1 saturated heterocycles. The number of anilines is 4. The Bertz CT molecular complexity index is 1790. The molecule has 2 amide bonds. The number of primary amides is 1. The lowest BCUT2D eigenvalue weighted by atomic mass is 10.2. The monoisotopic (exact) mass is 590 g/mol. The zero-order valence-electron chi connectivity index (χ0n) is 22.9. The van der Waals surface area contributed by atoms with Crippen molar-refractivity contribution in [3.05, 3.63) is 88.9 Å². The summed E-state index contributed by atoms with van der Waals surface area (Å²) in [5, 5.41) is 14.4. The van der Waals surface area contributed by atoms with Crippen molar-refractivity contribution in [2.24, 2.45) is 5.73 Å². The van der Waals surface area contributed by atoms with Crippen molar-refractivity contribution in [1.29, 1.82) is 0 Å². The van der Waals surface area contributed by atoms with E-state index in [1.165, 1.54) is 29.0 Å². The molecule has 5 rings (SSSR count). The van der Waals surface area contributed by atoms with Crippen LogP contribution in [0.4, 0.5) is 31.8 Å². The van der Waals surface area contributed by atoms with Gasteiger partial charge in [0.15, 0.2) is 22.7 Å². The molecule has 2 aromatic carbocycles. The van der Waals surface area contributed by atoms with E-state index in [4.69, 9.17) is 10.8 Å². The molecule has 1 fully saturated rings. The zero-order valence-corrected chi connectivity index (χ0v) is 22.9. The highest BCUT2D eigenvalue weighted by Crippen LogP contribution is 2.30. The van der Waals surface area contributed by atoms with Crippen molar-refractivity contribution in [3.63, 3.8) is 0 Å². The van der Waals surface area contributed by atoms with Crippen molar-refractivity contribution in [2.45, 2.75) is 0 Å². The van der Waals surface area contributed by atoms with Gasteiger partial charge in [-0.2, -0.15) is 4.98 Å². The number of β-amino-alcohol motifs (C(OH)–C–C–N with tert-alkyl or cyclic N) is 1. The summed E-state index contributed by atoms with van der Waals surface area (Å²) < 4.78 is 31.8. The van der Waals surface area contributed by atoms with Gasteiger partial charge in [-0.05, 0) is 36.4 Å². The number of nitrogens with two attached hydrogens (primary N) is 1. The van der Waals surface area contributed by atoms with Crippen LogP contribution < -0.4 is 26.7 Å². The highest BCUT2D eigenvalue weighted by Gasteiger charge is 2.23. The molecule has 0 atom stereocenters. The number of benzene rings is 2. The Balaban J connectivity index is 1.52. The normalized spacial score (nSPS) is 13.6. The fraction of sp³-hybridized carbons (Fsp3) is 0.207. The van der Waals surface area contributed by atoms with Crippen LogP contribution in [-0.4, -0.2) is 75.7 Å². The van der Waals surface area contributed by atoms with E-state index in [1.54, 1.807) is 23.1 Å². The number of aromatic nitrogens is 3. The van der Waals surface area contributed by atoms with E-state index in [9.17, 15) is 14.4 Å². The summed E-state index contributed by atoms with van der Waals surface area (Å²) in [7, 11) is 0. The van der Waals surface area contributed by atoms with Gasteiger partial charge in [-0.1, -0.05) is 12.6 Å². The maximum atomic E-state index is 15.2. The summed E-state index contributed by atoms with van der Waals surface area (Å²) in [6.07, 6.45) is 2.29. The molecule has 1 aliphatic rings. The molecular formula is C29H28F2N8O4. The third-order valence-electron chi connectivity index (χ3n) is 7.00. The minimum atomic E-state index is -1.15. The minimum Gasteiger partial charge on any atom is -0.395 e. The number of amides is 2. The van der Waals surface area contributed by atoms with Crippen molar-refractivity contribution in [2.75, 3.05) is 54.9 Å². The van der Waals surface area contributed by atoms with Crippen LogP contribution in [0.15, 0.2) is 66.1 Å². The van der Waals surface area contributed by atoms with Gasteiger partial charge >= 0.3 is 0 Å². The van der Waals surface area contributed by atoms with Gasteiger partial charge in [-0.15, -0.1) is 0 Å². The van der Waals surface area contributed by atoms with Crippen molar-refractivity contribution in [1.82, 2.24) is 19.4 Å². The van der Waals surface area contributed by atoms with Gasteiger partial charge in [0.1, 0.15) is 5.69 Å². The van der Waals surface area contributed by atoms with Gasteiger partial charge in [0.05, 0.1) is 23.4 Å². The van der Waals surface area contributed by atoms with E-state index in [1.807, 2.05) is 4.90 Å². The van der Waals surface area contributed by atoms with Crippen LogP contribution in [0.2, 0.25) is 0 Å². The summed E-state index contributed by atoms with van der Waals surface area (Å²) >= 11 is 0. The lowest BCUT2D eigenvalue weighted by molar-refractivity contribution is -0.111. The van der Waals surface area contributed by atoms with Gasteiger partial charge in [-0.25, -0.2) is 13.8 Å². The smallest absolute Gasteiger partial charge is 0.265 e. The first-order valence-electron chi connectivity index (χ1n) is 13.3. The number of carbonyl (C=O) groups is 2. The number of nitrogens with one attached hydrogen (secondary N) is 2. The number of hydrogen-bond donors (Lipinski definition) is 4. The average Bonchev–Trinajstić information content (AvgIpc) is 3.00. The number of pyridine rings is 1. The van der Waals surface area contributed by atoms with Crippen molar-refractivity contribution in [3.8, 4) is 5.69 Å². The summed E-state index contributed by atoms with van der Waals surface area (Å²) in [6.45, 7) is 6.11. The number of halogens is 2. The number of fused-ring (bicyclic) bond motifs is 1. The molecule has 0 aliphatic carbocycles. The predicted octanol–water partition coefficient (Wildman–Crippen LogP) is 2.14. The van der Waals surface area contributed by atoms with E-state index in [0.717, 1.165) is 12.1 Å². The molecule has 43 heavy (non-hydrogen) atoms. The molecule has 4 aromatic rings. The molecular weight excluding hydrogens is 562 g/mol.